The quantitative estimate of drug-likeness (QED) is 0.776. The van der Waals surface area contributed by atoms with Crippen LogP contribution in [0.3, 0.4) is 0 Å². The molecule has 0 unspecified atom stereocenters. The van der Waals surface area contributed by atoms with Crippen molar-refractivity contribution < 1.29 is 0 Å². The van der Waals surface area contributed by atoms with Crippen molar-refractivity contribution >= 4 is 16.7 Å². The fraction of sp³-hybridized carbons (Fsp3) is 0.375. The summed E-state index contributed by atoms with van der Waals surface area (Å²) in [6, 6.07) is 4.13. The van der Waals surface area contributed by atoms with Crippen LogP contribution < -0.4 is 5.32 Å². The topological polar surface area (TPSA) is 58.5 Å². The Bertz CT molecular complexity index is 760. The van der Waals surface area contributed by atoms with E-state index in [1.165, 1.54) is 5.56 Å². The van der Waals surface area contributed by atoms with Crippen molar-refractivity contribution in [3.8, 4) is 0 Å². The molecule has 21 heavy (non-hydrogen) atoms. The van der Waals surface area contributed by atoms with Crippen LogP contribution in [0.25, 0.3) is 11.0 Å². The molecule has 2 N–H and O–H groups in total. The molecule has 3 aromatic rings. The lowest BCUT2D eigenvalue weighted by Gasteiger charge is -2.17. The number of aromatic amines is 1. The third-order valence-electron chi connectivity index (χ3n) is 3.50. The molecule has 0 saturated carbocycles. The highest BCUT2D eigenvalue weighted by Gasteiger charge is 2.21. The first kappa shape index (κ1) is 13.7. The molecule has 0 aliphatic carbocycles. The van der Waals surface area contributed by atoms with Gasteiger partial charge in [-0.1, -0.05) is 20.8 Å². The van der Waals surface area contributed by atoms with Crippen LogP contribution in [0.4, 0.5) is 5.69 Å². The Morgan fingerprint density at radius 2 is 2.14 bits per heavy atom. The Kier molecular flexibility index (Phi) is 3.20. The van der Waals surface area contributed by atoms with Gasteiger partial charge in [-0.15, -0.1) is 0 Å². The summed E-state index contributed by atoms with van der Waals surface area (Å²) in [6.45, 7) is 7.31. The summed E-state index contributed by atoms with van der Waals surface area (Å²) in [6.07, 6.45) is 5.84. The summed E-state index contributed by atoms with van der Waals surface area (Å²) in [4.78, 5) is 7.49. The van der Waals surface area contributed by atoms with Crippen molar-refractivity contribution in [2.24, 2.45) is 7.05 Å². The van der Waals surface area contributed by atoms with Crippen molar-refractivity contribution in [1.29, 1.82) is 0 Å². The van der Waals surface area contributed by atoms with Crippen LogP contribution >= 0.6 is 0 Å². The van der Waals surface area contributed by atoms with E-state index >= 15 is 0 Å². The third-order valence-corrected chi connectivity index (χ3v) is 3.50. The van der Waals surface area contributed by atoms with Crippen molar-refractivity contribution in [3.63, 3.8) is 0 Å². The average Bonchev–Trinajstić information content (AvgIpc) is 3.01. The molecule has 110 valence electrons. The van der Waals surface area contributed by atoms with E-state index in [0.717, 1.165) is 29.0 Å². The Hall–Kier alpha value is -2.30. The maximum atomic E-state index is 4.59. The standard InChI is InChI=1S/C16H21N5/c1-16(2,3)14-12(10-21(4)20-14)8-18-13-7-11-5-6-17-15(11)19-9-13/h5-7,9-10,18H,8H2,1-4H3,(H,17,19). The maximum absolute atomic E-state index is 4.59. The molecule has 5 heteroatoms. The highest BCUT2D eigenvalue weighted by atomic mass is 15.3. The van der Waals surface area contributed by atoms with Gasteiger partial charge in [0.15, 0.2) is 0 Å². The van der Waals surface area contributed by atoms with E-state index in [-0.39, 0.29) is 5.41 Å². The zero-order chi connectivity index (χ0) is 15.0. The Labute approximate surface area is 124 Å². The number of pyridine rings is 1. The number of rotatable bonds is 3. The lowest BCUT2D eigenvalue weighted by atomic mass is 9.89. The molecule has 0 aliphatic heterocycles. The van der Waals surface area contributed by atoms with Crippen LogP contribution in [-0.4, -0.2) is 19.7 Å². The van der Waals surface area contributed by atoms with Crippen LogP contribution in [0.15, 0.2) is 30.7 Å². The van der Waals surface area contributed by atoms with E-state index in [2.05, 4.69) is 53.4 Å². The number of H-pyrrole nitrogens is 1. The fourth-order valence-electron chi connectivity index (χ4n) is 2.53. The Morgan fingerprint density at radius 1 is 1.33 bits per heavy atom. The van der Waals surface area contributed by atoms with E-state index in [1.807, 2.05) is 30.2 Å². The van der Waals surface area contributed by atoms with Crippen molar-refractivity contribution in [2.45, 2.75) is 32.7 Å². The predicted octanol–water partition coefficient (Wildman–Crippen LogP) is 3.21. The summed E-state index contributed by atoms with van der Waals surface area (Å²) in [5.74, 6) is 0. The number of nitrogens with zero attached hydrogens (tertiary/aromatic N) is 3. The van der Waals surface area contributed by atoms with Crippen LogP contribution in [0.5, 0.6) is 0 Å². The summed E-state index contributed by atoms with van der Waals surface area (Å²) in [7, 11) is 1.96. The lowest BCUT2D eigenvalue weighted by Crippen LogP contribution is -2.16. The first-order valence-corrected chi connectivity index (χ1v) is 7.13. The first-order valence-electron chi connectivity index (χ1n) is 7.13. The van der Waals surface area contributed by atoms with Gasteiger partial charge in [-0.3, -0.25) is 4.68 Å². The van der Waals surface area contributed by atoms with Gasteiger partial charge in [0.1, 0.15) is 5.65 Å². The molecule has 0 bridgehead atoms. The molecule has 0 amide bonds. The molecular formula is C16H21N5. The van der Waals surface area contributed by atoms with Gasteiger partial charge < -0.3 is 10.3 Å². The van der Waals surface area contributed by atoms with Gasteiger partial charge >= 0.3 is 0 Å². The second-order valence-corrected chi connectivity index (χ2v) is 6.42. The van der Waals surface area contributed by atoms with Crippen LogP contribution in [-0.2, 0) is 19.0 Å². The molecule has 5 nitrogen and oxygen atoms in total. The van der Waals surface area contributed by atoms with Gasteiger partial charge in [0.05, 0.1) is 17.6 Å². The summed E-state index contributed by atoms with van der Waals surface area (Å²) in [5, 5.41) is 9.14. The Morgan fingerprint density at radius 3 is 2.90 bits per heavy atom. The number of aromatic nitrogens is 4. The Balaban J connectivity index is 1.81. The van der Waals surface area contributed by atoms with E-state index in [9.17, 15) is 0 Å². The number of aryl methyl sites for hydroxylation is 1. The van der Waals surface area contributed by atoms with Gasteiger partial charge in [-0.25, -0.2) is 4.98 Å². The molecular weight excluding hydrogens is 262 g/mol. The first-order chi connectivity index (χ1) is 9.93. The fourth-order valence-corrected chi connectivity index (χ4v) is 2.53. The monoisotopic (exact) mass is 283 g/mol. The maximum Gasteiger partial charge on any atom is 0.137 e. The second-order valence-electron chi connectivity index (χ2n) is 6.42. The minimum Gasteiger partial charge on any atom is -0.380 e. The minimum absolute atomic E-state index is 0.0428. The van der Waals surface area contributed by atoms with Gasteiger partial charge in [0.25, 0.3) is 0 Å². The van der Waals surface area contributed by atoms with Gasteiger partial charge in [0, 0.05) is 42.4 Å². The van der Waals surface area contributed by atoms with Crippen LogP contribution in [0.1, 0.15) is 32.0 Å². The molecule has 3 rings (SSSR count). The second kappa shape index (κ2) is 4.91. The molecule has 0 saturated heterocycles. The van der Waals surface area contributed by atoms with Crippen molar-refractivity contribution in [2.75, 3.05) is 5.32 Å². The van der Waals surface area contributed by atoms with Crippen LogP contribution in [0, 0.1) is 0 Å². The molecule has 3 heterocycles. The van der Waals surface area contributed by atoms with Gasteiger partial charge in [0.2, 0.25) is 0 Å². The number of fused-ring (bicyclic) bond motifs is 1. The molecule has 0 atom stereocenters. The van der Waals surface area contributed by atoms with Gasteiger partial charge in [-0.05, 0) is 12.1 Å². The van der Waals surface area contributed by atoms with Crippen molar-refractivity contribution in [1.82, 2.24) is 19.7 Å². The lowest BCUT2D eigenvalue weighted by molar-refractivity contribution is 0.549. The molecule has 0 fully saturated rings. The highest BCUT2D eigenvalue weighted by Crippen LogP contribution is 2.25. The SMILES string of the molecule is Cn1cc(CNc2cnc3[nH]ccc3c2)c(C(C)(C)C)n1. The highest BCUT2D eigenvalue weighted by molar-refractivity contribution is 5.78. The summed E-state index contributed by atoms with van der Waals surface area (Å²) >= 11 is 0. The number of anilines is 1. The molecule has 0 aromatic carbocycles. The van der Waals surface area contributed by atoms with Crippen LogP contribution in [0.2, 0.25) is 0 Å². The van der Waals surface area contributed by atoms with E-state index < -0.39 is 0 Å². The molecule has 0 radical (unpaired) electrons. The number of nitrogens with one attached hydrogen (secondary N) is 2. The zero-order valence-electron chi connectivity index (χ0n) is 12.9. The average molecular weight is 283 g/mol. The van der Waals surface area contributed by atoms with E-state index in [0.29, 0.717) is 0 Å². The molecule has 3 aromatic heterocycles. The normalized spacial score (nSPS) is 12.0. The molecule has 0 spiro atoms. The number of hydrogen-bond donors (Lipinski definition) is 2. The predicted molar refractivity (Wildman–Crippen MR) is 85.3 cm³/mol. The summed E-state index contributed by atoms with van der Waals surface area (Å²) in [5.41, 5.74) is 4.33. The van der Waals surface area contributed by atoms with Gasteiger partial charge in [-0.2, -0.15) is 5.10 Å². The number of hydrogen-bond acceptors (Lipinski definition) is 3. The van der Waals surface area contributed by atoms with Crippen molar-refractivity contribution in [3.05, 3.63) is 42.0 Å². The van der Waals surface area contributed by atoms with E-state index in [1.54, 1.807) is 0 Å². The summed E-state index contributed by atoms with van der Waals surface area (Å²) < 4.78 is 1.88. The third kappa shape index (κ3) is 2.77. The minimum atomic E-state index is 0.0428. The van der Waals surface area contributed by atoms with E-state index in [4.69, 9.17) is 0 Å². The molecule has 0 aliphatic rings. The smallest absolute Gasteiger partial charge is 0.137 e. The largest absolute Gasteiger partial charge is 0.380 e. The zero-order valence-corrected chi connectivity index (χ0v) is 12.9.